The van der Waals surface area contributed by atoms with Crippen molar-refractivity contribution in [2.24, 2.45) is 11.3 Å². The van der Waals surface area contributed by atoms with Gasteiger partial charge >= 0.3 is 0 Å². The summed E-state index contributed by atoms with van der Waals surface area (Å²) in [5, 5.41) is 6.32. The van der Waals surface area contributed by atoms with Crippen molar-refractivity contribution >= 4 is 44.8 Å². The maximum atomic E-state index is 14.0. The van der Waals surface area contributed by atoms with E-state index in [0.717, 1.165) is 47.1 Å². The summed E-state index contributed by atoms with van der Waals surface area (Å²) in [4.78, 5) is 26.6. The zero-order chi connectivity index (χ0) is 36.1. The summed E-state index contributed by atoms with van der Waals surface area (Å²) in [6, 6.07) is 28.8. The second kappa shape index (κ2) is 15.8. The number of carbonyl (C=O) groups is 2. The van der Waals surface area contributed by atoms with Gasteiger partial charge in [0.25, 0.3) is 16.0 Å². The maximum Gasteiger partial charge on any atom is 0.266 e. The number of rotatable bonds is 11. The van der Waals surface area contributed by atoms with Gasteiger partial charge in [0.15, 0.2) is 0 Å². The van der Waals surface area contributed by atoms with Gasteiger partial charge in [-0.2, -0.15) is 8.42 Å². The number of hydrogen-bond donors (Lipinski definition) is 3. The standard InChI is InChI=1S/C41H45ClN2O5S/c1-27-25-36(21-22-37(27)31-15-19-35(42)20-16-31)44-40(46)38(26-28-5-7-33(8-6-28)39(45)43-23-24-50(47,48)49)32-11-9-29(10-12-32)30-13-17-34(18-14-30)41(2,3)4/h5-13,15-16,19-22,25,34,38H,14,17-18,23-24,26H2,1-4H3,(H,43,45)(H,44,46)(H,47,48,49)/t34-,38+/m0/s1. The topological polar surface area (TPSA) is 113 Å². The van der Waals surface area contributed by atoms with E-state index in [1.54, 1.807) is 24.3 Å². The highest BCUT2D eigenvalue weighted by Gasteiger charge is 2.27. The average Bonchev–Trinajstić information content (AvgIpc) is 3.07. The van der Waals surface area contributed by atoms with Crippen molar-refractivity contribution in [2.75, 3.05) is 17.6 Å². The highest BCUT2D eigenvalue weighted by atomic mass is 35.5. The van der Waals surface area contributed by atoms with Gasteiger partial charge in [0.05, 0.1) is 11.7 Å². The lowest BCUT2D eigenvalue weighted by Gasteiger charge is -2.33. The van der Waals surface area contributed by atoms with Gasteiger partial charge in [-0.15, -0.1) is 0 Å². The molecule has 9 heteroatoms. The van der Waals surface area contributed by atoms with Crippen LogP contribution >= 0.6 is 11.6 Å². The lowest BCUT2D eigenvalue weighted by molar-refractivity contribution is -0.117. The van der Waals surface area contributed by atoms with Crippen molar-refractivity contribution in [1.82, 2.24) is 5.32 Å². The minimum Gasteiger partial charge on any atom is -0.351 e. The Balaban J connectivity index is 1.36. The molecule has 7 nitrogen and oxygen atoms in total. The van der Waals surface area contributed by atoms with Gasteiger partial charge in [0.1, 0.15) is 0 Å². The fourth-order valence-corrected chi connectivity index (χ4v) is 7.01. The molecule has 262 valence electrons. The minimum absolute atomic E-state index is 0.145. The van der Waals surface area contributed by atoms with Crippen molar-refractivity contribution in [3.05, 3.63) is 130 Å². The number of hydrogen-bond acceptors (Lipinski definition) is 4. The maximum absolute atomic E-state index is 14.0. The second-order valence-corrected chi connectivity index (χ2v) is 16.2. The van der Waals surface area contributed by atoms with E-state index in [2.05, 4.69) is 49.6 Å². The zero-order valence-corrected chi connectivity index (χ0v) is 30.6. The van der Waals surface area contributed by atoms with E-state index >= 15 is 0 Å². The molecular formula is C41H45ClN2O5S. The van der Waals surface area contributed by atoms with Gasteiger partial charge in [-0.05, 0) is 119 Å². The Labute approximate surface area is 300 Å². The molecule has 50 heavy (non-hydrogen) atoms. The molecule has 0 unspecified atom stereocenters. The minimum atomic E-state index is -4.18. The Kier molecular flexibility index (Phi) is 11.7. The lowest BCUT2D eigenvalue weighted by atomic mass is 9.72. The van der Waals surface area contributed by atoms with Crippen molar-refractivity contribution < 1.29 is 22.6 Å². The van der Waals surface area contributed by atoms with E-state index < -0.39 is 27.7 Å². The number of benzene rings is 4. The molecule has 1 aliphatic rings. The van der Waals surface area contributed by atoms with E-state index in [9.17, 15) is 18.0 Å². The summed E-state index contributed by atoms with van der Waals surface area (Å²) in [6.07, 6.45) is 6.03. The number of amides is 2. The van der Waals surface area contributed by atoms with E-state index in [0.29, 0.717) is 28.6 Å². The van der Waals surface area contributed by atoms with Crippen LogP contribution < -0.4 is 10.6 Å². The van der Waals surface area contributed by atoms with E-state index in [1.807, 2.05) is 61.5 Å². The molecule has 5 rings (SSSR count). The summed E-state index contributed by atoms with van der Waals surface area (Å²) in [5.74, 6) is -1.01. The van der Waals surface area contributed by atoms with Crippen LogP contribution in [0.4, 0.5) is 5.69 Å². The van der Waals surface area contributed by atoms with Crippen molar-refractivity contribution in [3.63, 3.8) is 0 Å². The molecule has 0 saturated carbocycles. The monoisotopic (exact) mass is 712 g/mol. The van der Waals surface area contributed by atoms with Crippen molar-refractivity contribution in [2.45, 2.75) is 59.3 Å². The molecule has 0 radical (unpaired) electrons. The van der Waals surface area contributed by atoms with Gasteiger partial charge in [0, 0.05) is 22.8 Å². The molecule has 0 aliphatic heterocycles. The molecule has 4 aromatic rings. The fourth-order valence-electron chi connectivity index (χ4n) is 6.52. The number of halogens is 1. The van der Waals surface area contributed by atoms with Gasteiger partial charge < -0.3 is 10.6 Å². The Morgan fingerprint density at radius 2 is 1.58 bits per heavy atom. The Morgan fingerprint density at radius 3 is 2.16 bits per heavy atom. The van der Waals surface area contributed by atoms with Crippen LogP contribution in [-0.2, 0) is 21.3 Å². The van der Waals surface area contributed by atoms with E-state index in [1.165, 1.54) is 11.1 Å². The summed E-state index contributed by atoms with van der Waals surface area (Å²) in [5.41, 5.74) is 8.72. The molecule has 0 fully saturated rings. The molecule has 0 spiro atoms. The molecular weight excluding hydrogens is 668 g/mol. The number of allylic oxidation sites excluding steroid dienone is 2. The van der Waals surface area contributed by atoms with Gasteiger partial charge in [0.2, 0.25) is 5.91 Å². The first kappa shape index (κ1) is 37.0. The van der Waals surface area contributed by atoms with Crippen LogP contribution in [0, 0.1) is 18.3 Å². The van der Waals surface area contributed by atoms with Crippen LogP contribution in [0.1, 0.15) is 78.6 Å². The number of nitrogens with one attached hydrogen (secondary N) is 2. The Bertz CT molecular complexity index is 1960. The highest BCUT2D eigenvalue weighted by molar-refractivity contribution is 7.85. The summed E-state index contributed by atoms with van der Waals surface area (Å²) in [7, 11) is -4.18. The molecule has 1 aliphatic carbocycles. The van der Waals surface area contributed by atoms with Gasteiger partial charge in [-0.1, -0.05) is 93.0 Å². The molecule has 0 heterocycles. The van der Waals surface area contributed by atoms with Crippen LogP contribution in [0.5, 0.6) is 0 Å². The van der Waals surface area contributed by atoms with Crippen LogP contribution in [-0.4, -0.2) is 37.1 Å². The summed E-state index contributed by atoms with van der Waals surface area (Å²) >= 11 is 6.09. The first-order valence-electron chi connectivity index (χ1n) is 17.0. The Morgan fingerprint density at radius 1 is 0.920 bits per heavy atom. The van der Waals surface area contributed by atoms with Crippen LogP contribution in [0.25, 0.3) is 16.7 Å². The number of anilines is 1. The first-order valence-corrected chi connectivity index (χ1v) is 18.9. The predicted octanol–water partition coefficient (Wildman–Crippen LogP) is 9.13. The average molecular weight is 713 g/mol. The van der Waals surface area contributed by atoms with Crippen LogP contribution in [0.15, 0.2) is 97.1 Å². The molecule has 0 aromatic heterocycles. The van der Waals surface area contributed by atoms with Crippen molar-refractivity contribution in [3.8, 4) is 11.1 Å². The summed E-state index contributed by atoms with van der Waals surface area (Å²) in [6.45, 7) is 8.73. The zero-order valence-electron chi connectivity index (χ0n) is 29.0. The smallest absolute Gasteiger partial charge is 0.266 e. The SMILES string of the molecule is Cc1cc(NC(=O)[C@H](Cc2ccc(C(=O)NCCS(=O)(=O)O)cc2)c2ccc(C3=CC[C@H](C(C)(C)C)CC3)cc2)ccc1-c1ccc(Cl)cc1. The molecule has 0 bridgehead atoms. The first-order chi connectivity index (χ1) is 23.7. The highest BCUT2D eigenvalue weighted by Crippen LogP contribution is 2.40. The third-order valence-electron chi connectivity index (χ3n) is 9.59. The number of carbonyl (C=O) groups excluding carboxylic acids is 2. The molecule has 4 aromatic carbocycles. The Hall–Kier alpha value is -4.24. The largest absolute Gasteiger partial charge is 0.351 e. The van der Waals surface area contributed by atoms with E-state index in [-0.39, 0.29) is 17.9 Å². The van der Waals surface area contributed by atoms with Crippen LogP contribution in [0.2, 0.25) is 5.02 Å². The van der Waals surface area contributed by atoms with Gasteiger partial charge in [-0.3, -0.25) is 14.1 Å². The predicted molar refractivity (Wildman–Crippen MR) is 203 cm³/mol. The molecule has 2 amide bonds. The fraction of sp³-hybridized carbons (Fsp3) is 0.317. The van der Waals surface area contributed by atoms with E-state index in [4.69, 9.17) is 16.2 Å². The molecule has 2 atom stereocenters. The quantitative estimate of drug-likeness (QED) is 0.134. The normalized spacial score (nSPS) is 15.6. The number of aryl methyl sites for hydroxylation is 1. The third-order valence-corrected chi connectivity index (χ3v) is 10.6. The van der Waals surface area contributed by atoms with Crippen LogP contribution in [0.3, 0.4) is 0 Å². The molecule has 3 N–H and O–H groups in total. The second-order valence-electron chi connectivity index (χ2n) is 14.2. The van der Waals surface area contributed by atoms with Crippen molar-refractivity contribution in [1.29, 1.82) is 0 Å². The summed E-state index contributed by atoms with van der Waals surface area (Å²) < 4.78 is 30.9. The van der Waals surface area contributed by atoms with Gasteiger partial charge in [-0.25, -0.2) is 0 Å². The third kappa shape index (κ3) is 9.93. The molecule has 0 saturated heterocycles. The lowest BCUT2D eigenvalue weighted by Crippen LogP contribution is -2.28.